The van der Waals surface area contributed by atoms with Crippen LogP contribution < -0.4 is 15.4 Å². The van der Waals surface area contributed by atoms with Crippen LogP contribution >= 0.6 is 24.0 Å². The molecule has 0 bridgehead atoms. The Morgan fingerprint density at radius 1 is 1.27 bits per heavy atom. The average molecular weight is 575 g/mol. The normalized spacial score (nSPS) is 15.6. The van der Waals surface area contributed by atoms with Crippen molar-refractivity contribution in [3.05, 3.63) is 41.7 Å². The fraction of sp³-hybridized carbons (Fsp3) is 0.591. The molecule has 1 aromatic carbocycles. The van der Waals surface area contributed by atoms with Gasteiger partial charge in [0.1, 0.15) is 30.0 Å². The summed E-state index contributed by atoms with van der Waals surface area (Å²) in [7, 11) is 1.93. The topological polar surface area (TPSA) is 88.8 Å². The highest BCUT2D eigenvalue weighted by atomic mass is 127. The Bertz CT molecular complexity index is 874. The molecule has 0 spiro atoms. The number of aromatic nitrogens is 3. The quantitative estimate of drug-likeness (QED) is 0.194. The van der Waals surface area contributed by atoms with Crippen molar-refractivity contribution < 1.29 is 13.9 Å². The minimum absolute atomic E-state index is 0. The van der Waals surface area contributed by atoms with Gasteiger partial charge < -0.3 is 24.7 Å². The van der Waals surface area contributed by atoms with Crippen molar-refractivity contribution in [2.75, 3.05) is 45.9 Å². The zero-order chi connectivity index (χ0) is 22.8. The van der Waals surface area contributed by atoms with Crippen molar-refractivity contribution in [3.63, 3.8) is 0 Å². The second kappa shape index (κ2) is 14.3. The van der Waals surface area contributed by atoms with Crippen LogP contribution in [0.4, 0.5) is 4.39 Å². The molecule has 0 saturated carbocycles. The van der Waals surface area contributed by atoms with E-state index in [2.05, 4.69) is 30.7 Å². The molecule has 1 atom stereocenters. The van der Waals surface area contributed by atoms with E-state index in [1.807, 2.05) is 25.5 Å². The molecule has 1 aromatic heterocycles. The lowest BCUT2D eigenvalue weighted by Crippen LogP contribution is -2.43. The highest BCUT2D eigenvalue weighted by Crippen LogP contribution is 2.13. The summed E-state index contributed by atoms with van der Waals surface area (Å²) < 4.78 is 26.5. The maximum Gasteiger partial charge on any atom is 0.191 e. The van der Waals surface area contributed by atoms with Gasteiger partial charge in [0, 0.05) is 32.7 Å². The molecule has 1 aliphatic heterocycles. The van der Waals surface area contributed by atoms with E-state index >= 15 is 0 Å². The maximum absolute atomic E-state index is 13.4. The molecule has 9 nitrogen and oxygen atoms in total. The summed E-state index contributed by atoms with van der Waals surface area (Å²) in [6.07, 6.45) is 0.827. The van der Waals surface area contributed by atoms with Crippen LogP contribution in [-0.4, -0.2) is 77.7 Å². The van der Waals surface area contributed by atoms with Crippen LogP contribution in [0.3, 0.4) is 0 Å². The standard InChI is InChI=1S/C22H34FN7O2.HI/c1-17(32-20-7-4-6-19(23)14-20)15-25-22(26-16-21-28-27-18(2)29(21)3)24-8-5-9-30-10-12-31-13-11-30;/h4,6-7,14,17H,5,8-13,15-16H2,1-3H3,(H2,24,25,26);1H. The van der Waals surface area contributed by atoms with E-state index < -0.39 is 0 Å². The molecular formula is C22H35FIN7O2. The number of aryl methyl sites for hydroxylation is 1. The van der Waals surface area contributed by atoms with Gasteiger partial charge in [0.05, 0.1) is 19.8 Å². The molecular weight excluding hydrogens is 540 g/mol. The summed E-state index contributed by atoms with van der Waals surface area (Å²) in [5.41, 5.74) is 0. The van der Waals surface area contributed by atoms with Crippen LogP contribution in [0.1, 0.15) is 25.0 Å². The third kappa shape index (κ3) is 9.41. The number of rotatable bonds is 10. The summed E-state index contributed by atoms with van der Waals surface area (Å²) in [4.78, 5) is 7.08. The van der Waals surface area contributed by atoms with Gasteiger partial charge in [0.2, 0.25) is 0 Å². The lowest BCUT2D eigenvalue weighted by atomic mass is 10.3. The van der Waals surface area contributed by atoms with Gasteiger partial charge >= 0.3 is 0 Å². The molecule has 33 heavy (non-hydrogen) atoms. The van der Waals surface area contributed by atoms with E-state index in [1.54, 1.807) is 12.1 Å². The first-order chi connectivity index (χ1) is 15.5. The number of morpholine rings is 1. The van der Waals surface area contributed by atoms with Crippen molar-refractivity contribution >= 4 is 29.9 Å². The van der Waals surface area contributed by atoms with Crippen molar-refractivity contribution in [1.29, 1.82) is 0 Å². The first-order valence-electron chi connectivity index (χ1n) is 11.1. The third-order valence-corrected chi connectivity index (χ3v) is 5.30. The molecule has 1 unspecified atom stereocenters. The summed E-state index contributed by atoms with van der Waals surface area (Å²) in [5.74, 6) is 2.51. The highest BCUT2D eigenvalue weighted by Gasteiger charge is 2.11. The van der Waals surface area contributed by atoms with Gasteiger partial charge in [0.15, 0.2) is 11.8 Å². The van der Waals surface area contributed by atoms with Gasteiger partial charge in [-0.25, -0.2) is 9.38 Å². The summed E-state index contributed by atoms with van der Waals surface area (Å²) in [6.45, 7) is 10.2. The van der Waals surface area contributed by atoms with Crippen LogP contribution in [0.15, 0.2) is 29.3 Å². The van der Waals surface area contributed by atoms with E-state index in [4.69, 9.17) is 9.47 Å². The molecule has 1 saturated heterocycles. The number of ether oxygens (including phenoxy) is 2. The van der Waals surface area contributed by atoms with E-state index in [-0.39, 0.29) is 35.9 Å². The smallest absolute Gasteiger partial charge is 0.191 e. The first-order valence-corrected chi connectivity index (χ1v) is 11.1. The Morgan fingerprint density at radius 2 is 2.06 bits per heavy atom. The molecule has 0 aliphatic carbocycles. The zero-order valence-electron chi connectivity index (χ0n) is 19.6. The molecule has 11 heteroatoms. The maximum atomic E-state index is 13.4. The lowest BCUT2D eigenvalue weighted by Gasteiger charge is -2.26. The van der Waals surface area contributed by atoms with Gasteiger partial charge in [-0.1, -0.05) is 6.07 Å². The van der Waals surface area contributed by atoms with Crippen LogP contribution in [-0.2, 0) is 18.3 Å². The molecule has 0 radical (unpaired) electrons. The van der Waals surface area contributed by atoms with Crippen molar-refractivity contribution in [1.82, 2.24) is 30.3 Å². The van der Waals surface area contributed by atoms with E-state index in [9.17, 15) is 4.39 Å². The van der Waals surface area contributed by atoms with Crippen LogP contribution in [0.5, 0.6) is 5.75 Å². The Balaban J connectivity index is 0.00000385. The largest absolute Gasteiger partial charge is 0.489 e. The van der Waals surface area contributed by atoms with Crippen LogP contribution in [0.2, 0.25) is 0 Å². The molecule has 2 aromatic rings. The molecule has 1 aliphatic rings. The van der Waals surface area contributed by atoms with E-state index in [0.717, 1.165) is 57.5 Å². The lowest BCUT2D eigenvalue weighted by molar-refractivity contribution is 0.0376. The van der Waals surface area contributed by atoms with Crippen LogP contribution in [0.25, 0.3) is 0 Å². The van der Waals surface area contributed by atoms with Crippen molar-refractivity contribution in [2.45, 2.75) is 32.9 Å². The fourth-order valence-corrected chi connectivity index (χ4v) is 3.30. The highest BCUT2D eigenvalue weighted by molar-refractivity contribution is 14.0. The van der Waals surface area contributed by atoms with Gasteiger partial charge in [-0.3, -0.25) is 4.90 Å². The van der Waals surface area contributed by atoms with Gasteiger partial charge in [-0.15, -0.1) is 34.2 Å². The predicted octanol–water partition coefficient (Wildman–Crippen LogP) is 2.11. The minimum Gasteiger partial charge on any atom is -0.489 e. The average Bonchev–Trinajstić information content (AvgIpc) is 3.11. The fourth-order valence-electron chi connectivity index (χ4n) is 3.30. The van der Waals surface area contributed by atoms with Crippen molar-refractivity contribution in [3.8, 4) is 5.75 Å². The summed E-state index contributed by atoms with van der Waals surface area (Å²) in [5, 5.41) is 15.0. The molecule has 0 amide bonds. The Morgan fingerprint density at radius 3 is 2.76 bits per heavy atom. The Hall–Kier alpha value is -1.99. The Kier molecular flexibility index (Phi) is 11.8. The predicted molar refractivity (Wildman–Crippen MR) is 137 cm³/mol. The zero-order valence-corrected chi connectivity index (χ0v) is 21.9. The third-order valence-electron chi connectivity index (χ3n) is 5.30. The number of halogens is 2. The van der Waals surface area contributed by atoms with Crippen LogP contribution in [0, 0.1) is 12.7 Å². The van der Waals surface area contributed by atoms with E-state index in [1.165, 1.54) is 12.1 Å². The number of nitrogens with zero attached hydrogens (tertiary/aromatic N) is 5. The van der Waals surface area contributed by atoms with Gasteiger partial charge in [-0.2, -0.15) is 0 Å². The van der Waals surface area contributed by atoms with E-state index in [0.29, 0.717) is 24.8 Å². The van der Waals surface area contributed by atoms with Gasteiger partial charge in [0.25, 0.3) is 0 Å². The number of guanidine groups is 1. The number of aliphatic imine (C=N–C) groups is 1. The number of benzene rings is 1. The minimum atomic E-state index is -0.314. The molecule has 3 rings (SSSR count). The summed E-state index contributed by atoms with van der Waals surface area (Å²) in [6, 6.07) is 6.16. The summed E-state index contributed by atoms with van der Waals surface area (Å²) >= 11 is 0. The molecule has 2 heterocycles. The number of hydrogen-bond donors (Lipinski definition) is 2. The molecule has 2 N–H and O–H groups in total. The monoisotopic (exact) mass is 575 g/mol. The Labute approximate surface area is 212 Å². The van der Waals surface area contributed by atoms with Gasteiger partial charge in [-0.05, 0) is 38.9 Å². The second-order valence-corrected chi connectivity index (χ2v) is 7.89. The number of nitrogens with one attached hydrogen (secondary N) is 2. The molecule has 184 valence electrons. The number of hydrogen-bond acceptors (Lipinski definition) is 6. The van der Waals surface area contributed by atoms with Crippen molar-refractivity contribution in [2.24, 2.45) is 12.0 Å². The molecule has 1 fully saturated rings. The first kappa shape index (κ1) is 27.3. The SMILES string of the molecule is Cc1nnc(CN=C(NCCCN2CCOCC2)NCC(C)Oc2cccc(F)c2)n1C.I. The second-order valence-electron chi connectivity index (χ2n) is 7.89.